The van der Waals surface area contributed by atoms with Crippen LogP contribution < -0.4 is 4.74 Å². The maximum Gasteiger partial charge on any atom is 0.169 e. The number of hydrogen-bond donors (Lipinski definition) is 1. The number of methoxy groups -OCH3 is 1. The van der Waals surface area contributed by atoms with Crippen LogP contribution in [0.3, 0.4) is 0 Å². The number of ether oxygens (including phenoxy) is 1. The minimum absolute atomic E-state index is 0.214. The highest BCUT2D eigenvalue weighted by Gasteiger charge is 2.08. The van der Waals surface area contributed by atoms with E-state index in [2.05, 4.69) is 0 Å². The smallest absolute Gasteiger partial charge is 0.169 e. The molecule has 0 radical (unpaired) electrons. The van der Waals surface area contributed by atoms with Crippen LogP contribution in [-0.4, -0.2) is 12.2 Å². The molecule has 0 bridgehead atoms. The van der Waals surface area contributed by atoms with Gasteiger partial charge in [0.05, 0.1) is 7.11 Å². The van der Waals surface area contributed by atoms with Gasteiger partial charge < -0.3 is 9.84 Å². The van der Waals surface area contributed by atoms with Crippen molar-refractivity contribution in [3.05, 3.63) is 53.8 Å². The first-order chi connectivity index (χ1) is 8.70. The number of halogens is 1. The molecule has 94 valence electrons. The van der Waals surface area contributed by atoms with Gasteiger partial charge in [-0.25, -0.2) is 4.39 Å². The lowest BCUT2D eigenvalue weighted by Gasteiger charge is -2.07. The van der Waals surface area contributed by atoms with E-state index in [9.17, 15) is 9.50 Å². The van der Waals surface area contributed by atoms with Crippen molar-refractivity contribution in [3.63, 3.8) is 0 Å². The second-order valence-electron chi connectivity index (χ2n) is 3.72. The van der Waals surface area contributed by atoms with Gasteiger partial charge in [0.15, 0.2) is 11.6 Å². The van der Waals surface area contributed by atoms with Crippen molar-refractivity contribution in [2.24, 2.45) is 0 Å². The van der Waals surface area contributed by atoms with Crippen molar-refractivity contribution < 1.29 is 14.2 Å². The molecule has 0 aliphatic heterocycles. The average Bonchev–Trinajstić information content (AvgIpc) is 2.38. The molecule has 0 heterocycles. The molecule has 0 saturated heterocycles. The monoisotopic (exact) mass is 264 g/mol. The summed E-state index contributed by atoms with van der Waals surface area (Å²) in [6.45, 7) is 0. The fourth-order valence-corrected chi connectivity index (χ4v) is 2.48. The van der Waals surface area contributed by atoms with E-state index in [0.29, 0.717) is 11.3 Å². The lowest BCUT2D eigenvalue weighted by atomic mass is 10.2. The molecular formula is C14H13FO2S. The molecule has 0 fully saturated rings. The molecule has 0 aliphatic rings. The molecule has 4 heteroatoms. The Bertz CT molecular complexity index is 543. The Morgan fingerprint density at radius 3 is 2.72 bits per heavy atom. The zero-order valence-corrected chi connectivity index (χ0v) is 10.7. The van der Waals surface area contributed by atoms with Gasteiger partial charge in [-0.15, -0.1) is 11.8 Å². The Labute approximate surface area is 109 Å². The van der Waals surface area contributed by atoms with E-state index in [-0.39, 0.29) is 17.3 Å². The van der Waals surface area contributed by atoms with Crippen LogP contribution in [0.15, 0.2) is 47.4 Å². The summed E-state index contributed by atoms with van der Waals surface area (Å²) in [4.78, 5) is 0.900. The molecule has 0 aliphatic carbocycles. The van der Waals surface area contributed by atoms with Gasteiger partial charge in [-0.05, 0) is 24.3 Å². The van der Waals surface area contributed by atoms with Crippen LogP contribution >= 0.6 is 11.8 Å². The van der Waals surface area contributed by atoms with Crippen LogP contribution in [0.1, 0.15) is 5.56 Å². The lowest BCUT2D eigenvalue weighted by Crippen LogP contribution is -1.93. The van der Waals surface area contributed by atoms with E-state index in [0.717, 1.165) is 4.90 Å². The van der Waals surface area contributed by atoms with Gasteiger partial charge in [0.2, 0.25) is 0 Å². The summed E-state index contributed by atoms with van der Waals surface area (Å²) in [5.74, 6) is 0.634. The average molecular weight is 264 g/mol. The number of aromatic hydroxyl groups is 1. The van der Waals surface area contributed by atoms with E-state index in [1.54, 1.807) is 36.4 Å². The third kappa shape index (κ3) is 2.96. The SMILES string of the molecule is COc1cccc(CSc2cccc(O)c2)c1F. The second kappa shape index (κ2) is 5.78. The highest BCUT2D eigenvalue weighted by atomic mass is 32.2. The van der Waals surface area contributed by atoms with E-state index >= 15 is 0 Å². The Kier molecular flexibility index (Phi) is 4.10. The molecule has 0 amide bonds. The van der Waals surface area contributed by atoms with E-state index < -0.39 is 0 Å². The highest BCUT2D eigenvalue weighted by Crippen LogP contribution is 2.29. The van der Waals surface area contributed by atoms with Gasteiger partial charge in [-0.2, -0.15) is 0 Å². The maximum atomic E-state index is 13.9. The molecule has 2 nitrogen and oxygen atoms in total. The maximum absolute atomic E-state index is 13.9. The summed E-state index contributed by atoms with van der Waals surface area (Å²) in [6, 6.07) is 12.0. The van der Waals surface area contributed by atoms with Crippen molar-refractivity contribution in [1.29, 1.82) is 0 Å². The normalized spacial score (nSPS) is 10.3. The Hall–Kier alpha value is -1.68. The van der Waals surface area contributed by atoms with Crippen LogP contribution in [0.25, 0.3) is 0 Å². The number of thioether (sulfide) groups is 1. The highest BCUT2D eigenvalue weighted by molar-refractivity contribution is 7.98. The number of benzene rings is 2. The van der Waals surface area contributed by atoms with Gasteiger partial charge in [-0.1, -0.05) is 18.2 Å². The number of hydrogen-bond acceptors (Lipinski definition) is 3. The topological polar surface area (TPSA) is 29.5 Å². The predicted molar refractivity (Wildman–Crippen MR) is 70.6 cm³/mol. The third-order valence-electron chi connectivity index (χ3n) is 2.48. The molecule has 1 N–H and O–H groups in total. The minimum Gasteiger partial charge on any atom is -0.508 e. The largest absolute Gasteiger partial charge is 0.508 e. The van der Waals surface area contributed by atoms with Gasteiger partial charge in [0.1, 0.15) is 5.75 Å². The van der Waals surface area contributed by atoms with Crippen molar-refractivity contribution in [3.8, 4) is 11.5 Å². The third-order valence-corrected chi connectivity index (χ3v) is 3.52. The minimum atomic E-state index is -0.326. The van der Waals surface area contributed by atoms with E-state index in [1.807, 2.05) is 6.07 Å². The predicted octanol–water partition coefficient (Wildman–Crippen LogP) is 3.83. The zero-order valence-electron chi connectivity index (χ0n) is 9.89. The molecular weight excluding hydrogens is 251 g/mol. The first kappa shape index (κ1) is 12.8. The number of phenolic OH excluding ortho intramolecular Hbond substituents is 1. The molecule has 2 aromatic carbocycles. The Morgan fingerprint density at radius 2 is 2.00 bits per heavy atom. The van der Waals surface area contributed by atoms with E-state index in [4.69, 9.17) is 4.74 Å². The van der Waals surface area contributed by atoms with Crippen molar-refractivity contribution in [2.75, 3.05) is 7.11 Å². The lowest BCUT2D eigenvalue weighted by molar-refractivity contribution is 0.385. The summed E-state index contributed by atoms with van der Waals surface area (Å²) < 4.78 is 18.8. The first-order valence-corrected chi connectivity index (χ1v) is 6.42. The van der Waals surface area contributed by atoms with Crippen LogP contribution in [0.5, 0.6) is 11.5 Å². The van der Waals surface area contributed by atoms with Gasteiger partial charge in [0.25, 0.3) is 0 Å². The zero-order chi connectivity index (χ0) is 13.0. The molecule has 2 aromatic rings. The molecule has 0 unspecified atom stereocenters. The Morgan fingerprint density at radius 1 is 1.22 bits per heavy atom. The molecule has 0 spiro atoms. The summed E-state index contributed by atoms with van der Waals surface area (Å²) in [5, 5.41) is 9.34. The number of phenols is 1. The first-order valence-electron chi connectivity index (χ1n) is 5.44. The summed E-state index contributed by atoms with van der Waals surface area (Å²) in [7, 11) is 1.45. The van der Waals surface area contributed by atoms with Gasteiger partial charge in [0, 0.05) is 16.2 Å². The molecule has 18 heavy (non-hydrogen) atoms. The summed E-state index contributed by atoms with van der Waals surface area (Å²) >= 11 is 1.47. The van der Waals surface area contributed by atoms with Crippen LogP contribution in [-0.2, 0) is 5.75 Å². The molecule has 2 rings (SSSR count). The fourth-order valence-electron chi connectivity index (χ4n) is 1.56. The number of rotatable bonds is 4. The fraction of sp³-hybridized carbons (Fsp3) is 0.143. The Balaban J connectivity index is 2.11. The quantitative estimate of drug-likeness (QED) is 0.851. The van der Waals surface area contributed by atoms with Crippen LogP contribution in [0, 0.1) is 5.82 Å². The van der Waals surface area contributed by atoms with Crippen LogP contribution in [0.4, 0.5) is 4.39 Å². The van der Waals surface area contributed by atoms with Crippen molar-refractivity contribution >= 4 is 11.8 Å². The van der Waals surface area contributed by atoms with Gasteiger partial charge in [-0.3, -0.25) is 0 Å². The molecule has 0 atom stereocenters. The van der Waals surface area contributed by atoms with Gasteiger partial charge >= 0.3 is 0 Å². The molecule has 0 aromatic heterocycles. The van der Waals surface area contributed by atoms with Crippen LogP contribution in [0.2, 0.25) is 0 Å². The molecule has 0 saturated carbocycles. The summed E-state index contributed by atoms with van der Waals surface area (Å²) in [6.07, 6.45) is 0. The van der Waals surface area contributed by atoms with E-state index in [1.165, 1.54) is 18.9 Å². The van der Waals surface area contributed by atoms with Crippen molar-refractivity contribution in [1.82, 2.24) is 0 Å². The van der Waals surface area contributed by atoms with Crippen molar-refractivity contribution in [2.45, 2.75) is 10.6 Å². The standard InChI is InChI=1S/C14H13FO2S/c1-17-13-7-2-4-10(14(13)15)9-18-12-6-3-5-11(16)8-12/h2-8,16H,9H2,1H3. The second-order valence-corrected chi connectivity index (χ2v) is 4.77. The summed E-state index contributed by atoms with van der Waals surface area (Å²) in [5.41, 5.74) is 0.586.